The Balaban J connectivity index is 2.19. The largest absolute Gasteiger partial charge is 0.491 e. The summed E-state index contributed by atoms with van der Waals surface area (Å²) in [5.41, 5.74) is 7.91. The van der Waals surface area contributed by atoms with Crippen molar-refractivity contribution in [3.8, 4) is 0 Å². The van der Waals surface area contributed by atoms with Crippen molar-refractivity contribution in [2.45, 2.75) is 51.7 Å². The Bertz CT molecular complexity index is 624. The van der Waals surface area contributed by atoms with E-state index in [1.807, 2.05) is 58.0 Å². The minimum atomic E-state index is -0.796. The molecule has 1 aromatic carbocycles. The summed E-state index contributed by atoms with van der Waals surface area (Å²) in [5, 5.41) is 8.81. The number of aliphatic carboxylic acids is 1. The molecule has 0 spiro atoms. The molecule has 0 aliphatic carbocycles. The van der Waals surface area contributed by atoms with Crippen LogP contribution in [0.3, 0.4) is 0 Å². The first-order chi connectivity index (χ1) is 11.1. The van der Waals surface area contributed by atoms with Crippen molar-refractivity contribution in [2.24, 2.45) is 5.73 Å². The van der Waals surface area contributed by atoms with Crippen molar-refractivity contribution in [2.75, 3.05) is 6.54 Å². The number of nitrogens with two attached hydrogens (primary N) is 1. The molecule has 1 aliphatic heterocycles. The van der Waals surface area contributed by atoms with E-state index in [1.54, 1.807) is 0 Å². The van der Waals surface area contributed by atoms with Gasteiger partial charge >= 0.3 is 13.1 Å². The Morgan fingerprint density at radius 3 is 2.42 bits per heavy atom. The molecule has 0 bridgehead atoms. The second kappa shape index (κ2) is 7.09. The minimum absolute atomic E-state index is 0.119. The number of carbonyl (C=O) groups is 1. The number of hydrogen-bond donors (Lipinski definition) is 2. The highest BCUT2D eigenvalue weighted by Gasteiger charge is 2.52. The fourth-order valence-electron chi connectivity index (χ4n) is 2.52. The summed E-state index contributed by atoms with van der Waals surface area (Å²) in [6.07, 6.45) is 2.59. The zero-order chi connectivity index (χ0) is 18.0. The molecule has 1 aromatic rings. The van der Waals surface area contributed by atoms with Gasteiger partial charge in [0.1, 0.15) is 0 Å². The molecule has 1 heterocycles. The van der Waals surface area contributed by atoms with E-state index in [0.717, 1.165) is 16.6 Å². The first-order valence-corrected chi connectivity index (χ1v) is 8.21. The van der Waals surface area contributed by atoms with Gasteiger partial charge in [0.15, 0.2) is 0 Å². The molecule has 0 radical (unpaired) electrons. The van der Waals surface area contributed by atoms with E-state index in [9.17, 15) is 4.79 Å². The summed E-state index contributed by atoms with van der Waals surface area (Å²) in [4.78, 5) is 10.7. The van der Waals surface area contributed by atoms with E-state index in [2.05, 4.69) is 0 Å². The molecule has 2 rings (SSSR count). The molecule has 1 fully saturated rings. The van der Waals surface area contributed by atoms with Crippen molar-refractivity contribution >= 4 is 19.2 Å². The molecule has 1 saturated heterocycles. The molecule has 3 N–H and O–H groups in total. The maximum atomic E-state index is 10.7. The Hall–Kier alpha value is -1.63. The first-order valence-electron chi connectivity index (χ1n) is 8.21. The number of hydrogen-bond acceptors (Lipinski definition) is 4. The van der Waals surface area contributed by atoms with Gasteiger partial charge in [0.25, 0.3) is 0 Å². The molecule has 0 amide bonds. The lowest BCUT2D eigenvalue weighted by Crippen LogP contribution is -2.41. The fourth-order valence-corrected chi connectivity index (χ4v) is 2.52. The van der Waals surface area contributed by atoms with Gasteiger partial charge in [-0.05, 0) is 50.7 Å². The van der Waals surface area contributed by atoms with Crippen LogP contribution in [0, 0.1) is 0 Å². The van der Waals surface area contributed by atoms with Gasteiger partial charge in [-0.1, -0.05) is 30.3 Å². The lowest BCUT2D eigenvalue weighted by Gasteiger charge is -2.32. The summed E-state index contributed by atoms with van der Waals surface area (Å²) in [6, 6.07) is 7.79. The molecule has 130 valence electrons. The number of rotatable bonds is 6. The SMILES string of the molecule is CC1(C)OB(C(=Cc2cccc(CCC(=O)O)c2)CN)OC1(C)C. The standard InChI is InChI=1S/C18H26BNO4/c1-17(2)18(3,4)24-19(23-17)15(12-20)11-14-7-5-6-13(10-14)8-9-16(21)22/h5-7,10-11H,8-9,12,20H2,1-4H3,(H,21,22). The van der Waals surface area contributed by atoms with Crippen LogP contribution in [0.2, 0.25) is 0 Å². The molecule has 5 nitrogen and oxygen atoms in total. The maximum absolute atomic E-state index is 10.7. The number of benzene rings is 1. The van der Waals surface area contributed by atoms with Crippen LogP contribution < -0.4 is 5.73 Å². The van der Waals surface area contributed by atoms with Gasteiger partial charge in [0.05, 0.1) is 11.2 Å². The normalized spacial score (nSPS) is 19.5. The quantitative estimate of drug-likeness (QED) is 0.783. The number of carboxylic acids is 1. The van der Waals surface area contributed by atoms with Crippen molar-refractivity contribution < 1.29 is 19.2 Å². The predicted molar refractivity (Wildman–Crippen MR) is 95.5 cm³/mol. The molecule has 6 heteroatoms. The van der Waals surface area contributed by atoms with Crippen molar-refractivity contribution in [3.63, 3.8) is 0 Å². The smallest absolute Gasteiger partial charge is 0.481 e. The highest BCUT2D eigenvalue weighted by atomic mass is 16.7. The van der Waals surface area contributed by atoms with E-state index in [4.69, 9.17) is 20.1 Å². The average molecular weight is 331 g/mol. The van der Waals surface area contributed by atoms with Crippen LogP contribution in [0.5, 0.6) is 0 Å². The van der Waals surface area contributed by atoms with Crippen LogP contribution in [0.25, 0.3) is 6.08 Å². The van der Waals surface area contributed by atoms with Crippen molar-refractivity contribution in [1.82, 2.24) is 0 Å². The van der Waals surface area contributed by atoms with E-state index >= 15 is 0 Å². The van der Waals surface area contributed by atoms with Crippen LogP contribution in [0.1, 0.15) is 45.2 Å². The predicted octanol–water partition coefficient (Wildman–Crippen LogP) is 2.68. The lowest BCUT2D eigenvalue weighted by atomic mass is 9.77. The van der Waals surface area contributed by atoms with E-state index < -0.39 is 24.3 Å². The molecule has 24 heavy (non-hydrogen) atoms. The summed E-state index contributed by atoms with van der Waals surface area (Å²) < 4.78 is 12.1. The molecular weight excluding hydrogens is 305 g/mol. The molecule has 0 unspecified atom stereocenters. The van der Waals surface area contributed by atoms with E-state index in [0.29, 0.717) is 13.0 Å². The van der Waals surface area contributed by atoms with Crippen LogP contribution in [-0.4, -0.2) is 35.9 Å². The average Bonchev–Trinajstić information content (AvgIpc) is 2.71. The van der Waals surface area contributed by atoms with Crippen LogP contribution >= 0.6 is 0 Å². The lowest BCUT2D eigenvalue weighted by molar-refractivity contribution is -0.136. The Morgan fingerprint density at radius 1 is 1.25 bits per heavy atom. The summed E-state index contributed by atoms with van der Waals surface area (Å²) in [5.74, 6) is -0.796. The highest BCUT2D eigenvalue weighted by molar-refractivity contribution is 6.55. The topological polar surface area (TPSA) is 81.8 Å². The van der Waals surface area contributed by atoms with Gasteiger partial charge < -0.3 is 20.1 Å². The summed E-state index contributed by atoms with van der Waals surface area (Å²) in [7, 11) is -0.470. The maximum Gasteiger partial charge on any atom is 0.491 e. The fraction of sp³-hybridized carbons (Fsp3) is 0.500. The third-order valence-corrected chi connectivity index (χ3v) is 4.72. The third kappa shape index (κ3) is 4.26. The molecule has 0 aromatic heterocycles. The van der Waals surface area contributed by atoms with Crippen molar-refractivity contribution in [1.29, 1.82) is 0 Å². The molecule has 0 saturated carbocycles. The zero-order valence-electron chi connectivity index (χ0n) is 14.8. The van der Waals surface area contributed by atoms with Gasteiger partial charge in [-0.3, -0.25) is 4.79 Å². The van der Waals surface area contributed by atoms with E-state index in [-0.39, 0.29) is 6.42 Å². The number of aryl methyl sites for hydroxylation is 1. The summed E-state index contributed by atoms with van der Waals surface area (Å²) in [6.45, 7) is 8.36. The Kier molecular flexibility index (Phi) is 5.53. The van der Waals surface area contributed by atoms with E-state index in [1.165, 1.54) is 0 Å². The van der Waals surface area contributed by atoms with Gasteiger partial charge in [-0.25, -0.2) is 0 Å². The van der Waals surface area contributed by atoms with Crippen LogP contribution in [-0.2, 0) is 20.5 Å². The van der Waals surface area contributed by atoms with Gasteiger partial charge in [-0.15, -0.1) is 0 Å². The second-order valence-corrected chi connectivity index (χ2v) is 7.15. The van der Waals surface area contributed by atoms with Crippen LogP contribution in [0.15, 0.2) is 29.7 Å². The number of carboxylic acid groups (broad SMARTS) is 1. The summed E-state index contributed by atoms with van der Waals surface area (Å²) >= 11 is 0. The highest BCUT2D eigenvalue weighted by Crippen LogP contribution is 2.38. The van der Waals surface area contributed by atoms with Crippen LogP contribution in [0.4, 0.5) is 0 Å². The molecular formula is C18H26BNO4. The Labute approximate surface area is 144 Å². The molecule has 1 aliphatic rings. The zero-order valence-corrected chi connectivity index (χ0v) is 14.8. The van der Waals surface area contributed by atoms with Gasteiger partial charge in [0, 0.05) is 13.0 Å². The second-order valence-electron chi connectivity index (χ2n) is 7.15. The van der Waals surface area contributed by atoms with Gasteiger partial charge in [-0.2, -0.15) is 0 Å². The minimum Gasteiger partial charge on any atom is -0.481 e. The Morgan fingerprint density at radius 2 is 1.88 bits per heavy atom. The van der Waals surface area contributed by atoms with Gasteiger partial charge in [0.2, 0.25) is 0 Å². The van der Waals surface area contributed by atoms with Crippen molar-refractivity contribution in [3.05, 3.63) is 40.9 Å². The first kappa shape index (κ1) is 18.7. The third-order valence-electron chi connectivity index (χ3n) is 4.72. The molecule has 0 atom stereocenters. The monoisotopic (exact) mass is 331 g/mol.